The zero-order valence-electron chi connectivity index (χ0n) is 15.9. The Balaban J connectivity index is 2.12. The molecule has 5 heteroatoms. The molecule has 0 unspecified atom stereocenters. The monoisotopic (exact) mass is 372 g/mol. The molecule has 2 aromatic rings. The smallest absolute Gasteiger partial charge is 0.226 e. The van der Waals surface area contributed by atoms with Crippen molar-refractivity contribution < 1.29 is 9.59 Å². The van der Waals surface area contributed by atoms with Crippen LogP contribution >= 0.6 is 11.6 Å². The Hall–Kier alpha value is -2.33. The summed E-state index contributed by atoms with van der Waals surface area (Å²) in [5.74, 6) is -0.209. The van der Waals surface area contributed by atoms with Gasteiger partial charge in [-0.1, -0.05) is 29.3 Å². The first kappa shape index (κ1) is 20.0. The molecular formula is C21H25ClN2O2. The molecule has 0 fully saturated rings. The Kier molecular flexibility index (Phi) is 6.43. The number of carbonyl (C=O) groups is 2. The van der Waals surface area contributed by atoms with E-state index in [1.165, 1.54) is 6.92 Å². The number of hydrogen-bond acceptors (Lipinski definition) is 2. The van der Waals surface area contributed by atoms with E-state index in [0.717, 1.165) is 33.6 Å². The lowest BCUT2D eigenvalue weighted by Gasteiger charge is -2.25. The van der Waals surface area contributed by atoms with Gasteiger partial charge in [-0.25, -0.2) is 0 Å². The summed E-state index contributed by atoms with van der Waals surface area (Å²) in [4.78, 5) is 26.2. The fourth-order valence-corrected chi connectivity index (χ4v) is 3.44. The summed E-state index contributed by atoms with van der Waals surface area (Å²) in [6.45, 7) is 9.76. The average Bonchev–Trinajstić information content (AvgIpc) is 2.52. The zero-order valence-corrected chi connectivity index (χ0v) is 16.7. The van der Waals surface area contributed by atoms with Crippen molar-refractivity contribution in [1.29, 1.82) is 0 Å². The van der Waals surface area contributed by atoms with E-state index < -0.39 is 0 Å². The molecule has 4 nitrogen and oxygen atoms in total. The Bertz CT molecular complexity index is 823. The van der Waals surface area contributed by atoms with Crippen molar-refractivity contribution in [2.24, 2.45) is 0 Å². The van der Waals surface area contributed by atoms with E-state index in [1.807, 2.05) is 27.7 Å². The van der Waals surface area contributed by atoms with Crippen molar-refractivity contribution in [3.05, 3.63) is 57.6 Å². The van der Waals surface area contributed by atoms with Gasteiger partial charge in [0.1, 0.15) is 0 Å². The van der Waals surface area contributed by atoms with E-state index in [1.54, 1.807) is 23.1 Å². The third kappa shape index (κ3) is 4.85. The van der Waals surface area contributed by atoms with Gasteiger partial charge >= 0.3 is 0 Å². The number of rotatable bonds is 5. The maximum Gasteiger partial charge on any atom is 0.226 e. The fourth-order valence-electron chi connectivity index (χ4n) is 3.22. The van der Waals surface area contributed by atoms with Crippen LogP contribution in [0.3, 0.4) is 0 Å². The van der Waals surface area contributed by atoms with Crippen LogP contribution in [0.1, 0.15) is 35.6 Å². The van der Waals surface area contributed by atoms with Gasteiger partial charge in [0.25, 0.3) is 0 Å². The normalized spacial score (nSPS) is 10.5. The quantitative estimate of drug-likeness (QED) is 0.806. The van der Waals surface area contributed by atoms with Gasteiger partial charge in [-0.15, -0.1) is 0 Å². The van der Waals surface area contributed by atoms with E-state index in [2.05, 4.69) is 17.4 Å². The minimum atomic E-state index is -0.135. The summed E-state index contributed by atoms with van der Waals surface area (Å²) in [6, 6.07) is 9.43. The van der Waals surface area contributed by atoms with Crippen LogP contribution in [0.4, 0.5) is 11.4 Å². The van der Waals surface area contributed by atoms with Crippen molar-refractivity contribution in [3.8, 4) is 0 Å². The maximum atomic E-state index is 12.3. The molecule has 0 aliphatic heterocycles. The Morgan fingerprint density at radius 2 is 1.62 bits per heavy atom. The lowest BCUT2D eigenvalue weighted by atomic mass is 10.0. The SMILES string of the molecule is CC(=O)N(CCC(=O)Nc1ccc(Cl)cc1C)c1c(C)cc(C)cc1C. The van der Waals surface area contributed by atoms with Crippen LogP contribution in [-0.2, 0) is 9.59 Å². The Labute approximate surface area is 160 Å². The summed E-state index contributed by atoms with van der Waals surface area (Å²) in [6.07, 6.45) is 0.217. The summed E-state index contributed by atoms with van der Waals surface area (Å²) < 4.78 is 0. The second-order valence-electron chi connectivity index (χ2n) is 6.68. The molecule has 2 amide bonds. The predicted molar refractivity (Wildman–Crippen MR) is 108 cm³/mol. The number of aryl methyl sites for hydroxylation is 4. The summed E-state index contributed by atoms with van der Waals surface area (Å²) >= 11 is 5.94. The minimum Gasteiger partial charge on any atom is -0.326 e. The molecular weight excluding hydrogens is 348 g/mol. The van der Waals surface area contributed by atoms with Gasteiger partial charge in [0, 0.05) is 36.3 Å². The van der Waals surface area contributed by atoms with E-state index in [9.17, 15) is 9.59 Å². The predicted octanol–water partition coefficient (Wildman–Crippen LogP) is 4.96. The van der Waals surface area contributed by atoms with Gasteiger partial charge in [-0.3, -0.25) is 9.59 Å². The molecule has 0 saturated heterocycles. The zero-order chi connectivity index (χ0) is 19.4. The molecule has 26 heavy (non-hydrogen) atoms. The average molecular weight is 373 g/mol. The molecule has 0 heterocycles. The Morgan fingerprint density at radius 1 is 1.00 bits per heavy atom. The highest BCUT2D eigenvalue weighted by atomic mass is 35.5. The van der Waals surface area contributed by atoms with Crippen molar-refractivity contribution in [3.63, 3.8) is 0 Å². The number of halogens is 1. The lowest BCUT2D eigenvalue weighted by molar-refractivity contribution is -0.117. The third-order valence-electron chi connectivity index (χ3n) is 4.31. The van der Waals surface area contributed by atoms with Gasteiger partial charge < -0.3 is 10.2 Å². The minimum absolute atomic E-state index is 0.0736. The first-order valence-corrected chi connectivity index (χ1v) is 8.98. The van der Waals surface area contributed by atoms with E-state index in [-0.39, 0.29) is 18.2 Å². The molecule has 2 rings (SSSR count). The first-order valence-electron chi connectivity index (χ1n) is 8.61. The largest absolute Gasteiger partial charge is 0.326 e. The second-order valence-corrected chi connectivity index (χ2v) is 7.11. The van der Waals surface area contributed by atoms with Crippen LogP contribution in [0.15, 0.2) is 30.3 Å². The Morgan fingerprint density at radius 3 is 2.15 bits per heavy atom. The van der Waals surface area contributed by atoms with Crippen molar-refractivity contribution in [2.75, 3.05) is 16.8 Å². The van der Waals surface area contributed by atoms with Gasteiger partial charge in [0.05, 0.1) is 0 Å². The highest BCUT2D eigenvalue weighted by Crippen LogP contribution is 2.27. The number of carbonyl (C=O) groups excluding carboxylic acids is 2. The molecule has 0 aromatic heterocycles. The molecule has 0 aliphatic carbocycles. The number of hydrogen-bond donors (Lipinski definition) is 1. The number of nitrogens with zero attached hydrogens (tertiary/aromatic N) is 1. The number of anilines is 2. The van der Waals surface area contributed by atoms with E-state index >= 15 is 0 Å². The molecule has 0 radical (unpaired) electrons. The van der Waals surface area contributed by atoms with Gasteiger partial charge in [0.15, 0.2) is 0 Å². The van der Waals surface area contributed by atoms with Crippen LogP contribution in [0.5, 0.6) is 0 Å². The summed E-state index contributed by atoms with van der Waals surface area (Å²) in [5, 5.41) is 3.52. The molecule has 0 aliphatic rings. The highest BCUT2D eigenvalue weighted by Gasteiger charge is 2.18. The van der Waals surface area contributed by atoms with Crippen LogP contribution in [-0.4, -0.2) is 18.4 Å². The lowest BCUT2D eigenvalue weighted by Crippen LogP contribution is -2.33. The molecule has 0 spiro atoms. The second kappa shape index (κ2) is 8.37. The molecule has 1 N–H and O–H groups in total. The summed E-state index contributed by atoms with van der Waals surface area (Å²) in [7, 11) is 0. The number of amides is 2. The van der Waals surface area contributed by atoms with Gasteiger partial charge in [-0.05, 0) is 62.6 Å². The van der Waals surface area contributed by atoms with Crippen molar-refractivity contribution in [2.45, 2.75) is 41.0 Å². The number of benzene rings is 2. The van der Waals surface area contributed by atoms with Crippen LogP contribution in [0.25, 0.3) is 0 Å². The van der Waals surface area contributed by atoms with Gasteiger partial charge in [0.2, 0.25) is 11.8 Å². The molecule has 2 aromatic carbocycles. The molecule has 0 atom stereocenters. The van der Waals surface area contributed by atoms with Crippen molar-refractivity contribution in [1.82, 2.24) is 0 Å². The van der Waals surface area contributed by atoms with E-state index in [0.29, 0.717) is 11.6 Å². The van der Waals surface area contributed by atoms with Crippen LogP contribution in [0.2, 0.25) is 5.02 Å². The third-order valence-corrected chi connectivity index (χ3v) is 4.55. The maximum absolute atomic E-state index is 12.3. The molecule has 0 saturated carbocycles. The number of nitrogens with one attached hydrogen (secondary N) is 1. The highest BCUT2D eigenvalue weighted by molar-refractivity contribution is 6.30. The molecule has 0 bridgehead atoms. The standard InChI is InChI=1S/C21H25ClN2O2/c1-13-10-15(3)21(16(4)11-13)24(17(5)25)9-8-20(26)23-19-7-6-18(22)12-14(19)2/h6-7,10-12H,8-9H2,1-5H3,(H,23,26). The van der Waals surface area contributed by atoms with Gasteiger partial charge in [-0.2, -0.15) is 0 Å². The van der Waals surface area contributed by atoms with E-state index in [4.69, 9.17) is 11.6 Å². The van der Waals surface area contributed by atoms with Crippen molar-refractivity contribution >= 4 is 34.8 Å². The first-order chi connectivity index (χ1) is 12.2. The molecule has 138 valence electrons. The summed E-state index contributed by atoms with van der Waals surface area (Å²) in [5.41, 5.74) is 5.75. The topological polar surface area (TPSA) is 49.4 Å². The van der Waals surface area contributed by atoms with Crippen LogP contribution in [0, 0.1) is 27.7 Å². The fraction of sp³-hybridized carbons (Fsp3) is 0.333. The van der Waals surface area contributed by atoms with Crippen LogP contribution < -0.4 is 10.2 Å².